The fourth-order valence-electron chi connectivity index (χ4n) is 3.08. The highest BCUT2D eigenvalue weighted by molar-refractivity contribution is 5.93. The summed E-state index contributed by atoms with van der Waals surface area (Å²) in [5.41, 5.74) is 0.382. The lowest BCUT2D eigenvalue weighted by Gasteiger charge is -2.32. The number of amides is 1. The van der Waals surface area contributed by atoms with E-state index in [9.17, 15) is 18.0 Å². The van der Waals surface area contributed by atoms with Crippen LogP contribution < -0.4 is 10.2 Å². The van der Waals surface area contributed by atoms with Crippen molar-refractivity contribution in [3.63, 3.8) is 0 Å². The average molecular weight is 377 g/mol. The number of nitrogens with one attached hydrogen (secondary N) is 1. The molecule has 27 heavy (non-hydrogen) atoms. The molecule has 0 aliphatic carbocycles. The first kappa shape index (κ1) is 17.2. The normalized spacial score (nSPS) is 17.3. The van der Waals surface area contributed by atoms with E-state index in [1.807, 2.05) is 4.90 Å². The Labute approximate surface area is 151 Å². The fourth-order valence-corrected chi connectivity index (χ4v) is 3.08. The minimum atomic E-state index is -1.57. The summed E-state index contributed by atoms with van der Waals surface area (Å²) in [4.78, 5) is 14.4. The van der Waals surface area contributed by atoms with Crippen molar-refractivity contribution in [2.45, 2.75) is 12.8 Å². The first-order valence-corrected chi connectivity index (χ1v) is 8.27. The van der Waals surface area contributed by atoms with E-state index in [4.69, 9.17) is 0 Å². The molecule has 1 aliphatic heterocycles. The van der Waals surface area contributed by atoms with Crippen LogP contribution >= 0.6 is 0 Å². The predicted molar refractivity (Wildman–Crippen MR) is 88.5 cm³/mol. The lowest BCUT2D eigenvalue weighted by atomic mass is 9.97. The molecular formula is C16H14F3N7O. The lowest BCUT2D eigenvalue weighted by molar-refractivity contribution is -0.120. The molecule has 1 saturated heterocycles. The van der Waals surface area contributed by atoms with Gasteiger partial charge in [0.25, 0.3) is 0 Å². The van der Waals surface area contributed by atoms with E-state index in [2.05, 4.69) is 25.9 Å². The molecule has 0 bridgehead atoms. The number of benzene rings is 1. The first-order valence-electron chi connectivity index (χ1n) is 8.27. The molecule has 0 unspecified atom stereocenters. The summed E-state index contributed by atoms with van der Waals surface area (Å²) in [6.07, 6.45) is 1.35. The Morgan fingerprint density at radius 1 is 1.19 bits per heavy atom. The zero-order chi connectivity index (χ0) is 19.0. The Morgan fingerprint density at radius 3 is 2.74 bits per heavy atom. The Balaban J connectivity index is 1.48. The van der Waals surface area contributed by atoms with Gasteiger partial charge in [0.2, 0.25) is 5.91 Å². The monoisotopic (exact) mass is 377 g/mol. The predicted octanol–water partition coefficient (Wildman–Crippen LogP) is 1.79. The topological polar surface area (TPSA) is 88.3 Å². The van der Waals surface area contributed by atoms with Crippen LogP contribution in [0, 0.1) is 23.4 Å². The highest BCUT2D eigenvalue weighted by Crippen LogP contribution is 2.24. The van der Waals surface area contributed by atoms with E-state index in [1.165, 1.54) is 4.63 Å². The molecule has 8 nitrogen and oxygen atoms in total. The number of rotatable bonds is 3. The Morgan fingerprint density at radius 2 is 1.96 bits per heavy atom. The smallest absolute Gasteiger partial charge is 0.229 e. The quantitative estimate of drug-likeness (QED) is 0.700. The standard InChI is InChI=1S/C16H14F3N7O/c17-11-6-10(7-12(18)15(11)19)20-16(27)9-2-1-5-25(8-9)14-4-3-13-21-23-24-26(13)22-14/h3-4,6-7,9H,1-2,5,8H2,(H,20,27)/t9-/m0/s1. The van der Waals surface area contributed by atoms with Crippen LogP contribution in [0.4, 0.5) is 24.7 Å². The van der Waals surface area contributed by atoms with Crippen LogP contribution in [-0.2, 0) is 4.79 Å². The van der Waals surface area contributed by atoms with Crippen LogP contribution in [-0.4, -0.2) is 44.3 Å². The van der Waals surface area contributed by atoms with Gasteiger partial charge in [-0.25, -0.2) is 13.2 Å². The summed E-state index contributed by atoms with van der Waals surface area (Å²) in [7, 11) is 0. The number of anilines is 2. The van der Waals surface area contributed by atoms with E-state index in [-0.39, 0.29) is 5.69 Å². The van der Waals surface area contributed by atoms with Gasteiger partial charge < -0.3 is 10.2 Å². The summed E-state index contributed by atoms with van der Waals surface area (Å²) in [5.74, 6) is -4.47. The van der Waals surface area contributed by atoms with E-state index in [1.54, 1.807) is 12.1 Å². The number of hydrogen-bond donors (Lipinski definition) is 1. The SMILES string of the molecule is O=C(Nc1cc(F)c(F)c(F)c1)[C@H]1CCCN(c2ccc3nnnn3n2)C1. The van der Waals surface area contributed by atoms with Crippen LogP contribution in [0.2, 0.25) is 0 Å². The van der Waals surface area contributed by atoms with Gasteiger partial charge in [0.05, 0.1) is 5.92 Å². The Bertz CT molecular complexity index is 986. The van der Waals surface area contributed by atoms with Crippen molar-refractivity contribution in [1.82, 2.24) is 25.3 Å². The summed E-state index contributed by atoms with van der Waals surface area (Å²) in [5, 5.41) is 17.8. The molecule has 2 aromatic heterocycles. The maximum atomic E-state index is 13.3. The third kappa shape index (κ3) is 3.39. The molecular weight excluding hydrogens is 363 g/mol. The minimum Gasteiger partial charge on any atom is -0.354 e. The summed E-state index contributed by atoms with van der Waals surface area (Å²) in [6.45, 7) is 1.07. The van der Waals surface area contributed by atoms with Crippen LogP contribution in [0.15, 0.2) is 24.3 Å². The van der Waals surface area contributed by atoms with Crippen LogP contribution in [0.1, 0.15) is 12.8 Å². The van der Waals surface area contributed by atoms with Gasteiger partial charge >= 0.3 is 0 Å². The van der Waals surface area contributed by atoms with Crippen molar-refractivity contribution in [3.8, 4) is 0 Å². The van der Waals surface area contributed by atoms with Crippen molar-refractivity contribution in [2.24, 2.45) is 5.92 Å². The highest BCUT2D eigenvalue weighted by atomic mass is 19.2. The summed E-state index contributed by atoms with van der Waals surface area (Å²) >= 11 is 0. The van der Waals surface area contributed by atoms with E-state index >= 15 is 0 Å². The molecule has 1 fully saturated rings. The highest BCUT2D eigenvalue weighted by Gasteiger charge is 2.27. The zero-order valence-corrected chi connectivity index (χ0v) is 13.9. The number of piperidine rings is 1. The van der Waals surface area contributed by atoms with Crippen LogP contribution in [0.25, 0.3) is 5.65 Å². The van der Waals surface area contributed by atoms with E-state index in [0.717, 1.165) is 18.6 Å². The maximum Gasteiger partial charge on any atom is 0.229 e. The second-order valence-corrected chi connectivity index (χ2v) is 6.25. The zero-order valence-electron chi connectivity index (χ0n) is 13.9. The molecule has 0 saturated carbocycles. The van der Waals surface area contributed by atoms with Gasteiger partial charge in [-0.05, 0) is 35.4 Å². The molecule has 1 aromatic carbocycles. The Hall–Kier alpha value is -3.24. The first-order chi connectivity index (χ1) is 13.0. The summed E-state index contributed by atoms with van der Waals surface area (Å²) < 4.78 is 41.0. The van der Waals surface area contributed by atoms with Gasteiger partial charge in [-0.3, -0.25) is 4.79 Å². The van der Waals surface area contributed by atoms with Gasteiger partial charge in [-0.1, -0.05) is 0 Å². The third-order valence-corrected chi connectivity index (χ3v) is 4.42. The summed E-state index contributed by atoms with van der Waals surface area (Å²) in [6, 6.07) is 4.99. The molecule has 1 amide bonds. The second-order valence-electron chi connectivity index (χ2n) is 6.25. The molecule has 0 radical (unpaired) electrons. The fraction of sp³-hybridized carbons (Fsp3) is 0.312. The van der Waals surface area contributed by atoms with E-state index < -0.39 is 29.3 Å². The van der Waals surface area contributed by atoms with Gasteiger partial charge in [0.15, 0.2) is 28.9 Å². The average Bonchev–Trinajstić information content (AvgIpc) is 3.14. The van der Waals surface area contributed by atoms with Gasteiger partial charge in [-0.15, -0.1) is 14.8 Å². The number of aromatic nitrogens is 5. The third-order valence-electron chi connectivity index (χ3n) is 4.42. The van der Waals surface area contributed by atoms with E-state index in [0.29, 0.717) is 31.0 Å². The molecule has 3 aromatic rings. The number of hydrogen-bond acceptors (Lipinski definition) is 6. The van der Waals surface area contributed by atoms with Gasteiger partial charge in [0, 0.05) is 30.9 Å². The van der Waals surface area contributed by atoms with Crippen molar-refractivity contribution < 1.29 is 18.0 Å². The van der Waals surface area contributed by atoms with Crippen molar-refractivity contribution in [1.29, 1.82) is 0 Å². The van der Waals surface area contributed by atoms with Gasteiger partial charge in [-0.2, -0.15) is 0 Å². The number of tetrazole rings is 1. The number of fused-ring (bicyclic) bond motifs is 1. The number of nitrogens with zero attached hydrogens (tertiary/aromatic N) is 6. The molecule has 11 heteroatoms. The molecule has 4 rings (SSSR count). The number of carbonyl (C=O) groups is 1. The molecule has 1 atom stereocenters. The molecule has 1 N–H and O–H groups in total. The maximum absolute atomic E-state index is 13.3. The number of carbonyl (C=O) groups excluding carboxylic acids is 1. The minimum absolute atomic E-state index is 0.123. The van der Waals surface area contributed by atoms with Crippen LogP contribution in [0.3, 0.4) is 0 Å². The second kappa shape index (κ2) is 6.82. The van der Waals surface area contributed by atoms with Crippen molar-refractivity contribution in [3.05, 3.63) is 41.7 Å². The van der Waals surface area contributed by atoms with Crippen molar-refractivity contribution in [2.75, 3.05) is 23.3 Å². The molecule has 3 heterocycles. The molecule has 140 valence electrons. The lowest BCUT2D eigenvalue weighted by Crippen LogP contribution is -2.41. The van der Waals surface area contributed by atoms with Crippen molar-refractivity contribution >= 4 is 23.1 Å². The molecule has 1 aliphatic rings. The largest absolute Gasteiger partial charge is 0.354 e. The Kier molecular flexibility index (Phi) is 4.34. The number of halogens is 3. The van der Waals surface area contributed by atoms with Gasteiger partial charge in [0.1, 0.15) is 0 Å². The molecule has 0 spiro atoms. The van der Waals surface area contributed by atoms with Crippen LogP contribution in [0.5, 0.6) is 0 Å².